The van der Waals surface area contributed by atoms with Crippen molar-refractivity contribution in [1.82, 2.24) is 0 Å². The fourth-order valence-electron chi connectivity index (χ4n) is 1.72. The molecule has 0 radical (unpaired) electrons. The maximum atomic E-state index is 6.09. The molecule has 1 nitrogen and oxygen atoms in total. The van der Waals surface area contributed by atoms with E-state index < -0.39 is 0 Å². The van der Waals surface area contributed by atoms with Crippen LogP contribution in [0, 0.1) is 0 Å². The lowest BCUT2D eigenvalue weighted by atomic mass is 10.1. The zero-order chi connectivity index (χ0) is 10.1. The second-order valence-electron chi connectivity index (χ2n) is 3.52. The number of nitrogens with two attached hydrogens (primary N) is 1. The average molecular weight is 228 g/mol. The smallest absolute Gasteiger partial charge is 0.0495 e. The van der Waals surface area contributed by atoms with Crippen molar-refractivity contribution >= 4 is 28.8 Å². The molecule has 14 heavy (non-hydrogen) atoms. The highest BCUT2D eigenvalue weighted by Gasteiger charge is 2.15. The Bertz CT molecular complexity index is 385. The first kappa shape index (κ1) is 10.0. The van der Waals surface area contributed by atoms with Gasteiger partial charge in [-0.15, -0.1) is 0 Å². The molecule has 0 fully saturated rings. The monoisotopic (exact) mass is 227 g/mol. The molecule has 0 aromatic heterocycles. The van der Waals surface area contributed by atoms with E-state index in [9.17, 15) is 0 Å². The number of hydrogen-bond acceptors (Lipinski definition) is 1. The lowest BCUT2D eigenvalue weighted by Crippen LogP contribution is -2.11. The summed E-state index contributed by atoms with van der Waals surface area (Å²) in [6.07, 6.45) is 4.09. The van der Waals surface area contributed by atoms with Crippen molar-refractivity contribution in [2.45, 2.75) is 18.9 Å². The van der Waals surface area contributed by atoms with Crippen molar-refractivity contribution in [2.75, 3.05) is 0 Å². The Morgan fingerprint density at radius 3 is 2.64 bits per heavy atom. The Labute approximate surface area is 93.5 Å². The summed E-state index contributed by atoms with van der Waals surface area (Å²) in [7, 11) is 0. The highest BCUT2D eigenvalue weighted by molar-refractivity contribution is 6.35. The van der Waals surface area contributed by atoms with Crippen LogP contribution in [-0.2, 0) is 0 Å². The van der Waals surface area contributed by atoms with E-state index in [-0.39, 0.29) is 6.04 Å². The quantitative estimate of drug-likeness (QED) is 0.782. The molecule has 0 spiro atoms. The van der Waals surface area contributed by atoms with Crippen molar-refractivity contribution in [3.63, 3.8) is 0 Å². The summed E-state index contributed by atoms with van der Waals surface area (Å²) in [4.78, 5) is 0. The third kappa shape index (κ3) is 1.95. The first-order chi connectivity index (χ1) is 6.66. The molecule has 0 amide bonds. The normalized spacial score (nSPS) is 21.1. The van der Waals surface area contributed by atoms with Crippen molar-refractivity contribution in [2.24, 2.45) is 5.73 Å². The van der Waals surface area contributed by atoms with Gasteiger partial charge in [0.25, 0.3) is 0 Å². The molecule has 0 bridgehead atoms. The average Bonchev–Trinajstić information content (AvgIpc) is 2.51. The van der Waals surface area contributed by atoms with Crippen LogP contribution >= 0.6 is 23.2 Å². The van der Waals surface area contributed by atoms with Gasteiger partial charge in [-0.25, -0.2) is 0 Å². The van der Waals surface area contributed by atoms with Crippen LogP contribution in [0.25, 0.3) is 5.57 Å². The van der Waals surface area contributed by atoms with Gasteiger partial charge in [0.2, 0.25) is 0 Å². The maximum Gasteiger partial charge on any atom is 0.0495 e. The minimum Gasteiger partial charge on any atom is -0.324 e. The molecular weight excluding hydrogens is 217 g/mol. The largest absolute Gasteiger partial charge is 0.324 e. The first-order valence-electron chi connectivity index (χ1n) is 4.58. The van der Waals surface area contributed by atoms with Gasteiger partial charge in [-0.05, 0) is 36.1 Å². The van der Waals surface area contributed by atoms with Crippen LogP contribution in [0.3, 0.4) is 0 Å². The maximum absolute atomic E-state index is 6.09. The summed E-state index contributed by atoms with van der Waals surface area (Å²) in [5.41, 5.74) is 8.09. The lowest BCUT2D eigenvalue weighted by Gasteiger charge is -2.04. The van der Waals surface area contributed by atoms with Gasteiger partial charge in [0, 0.05) is 16.1 Å². The van der Waals surface area contributed by atoms with E-state index in [0.717, 1.165) is 18.4 Å². The van der Waals surface area contributed by atoms with Gasteiger partial charge in [-0.2, -0.15) is 0 Å². The van der Waals surface area contributed by atoms with E-state index >= 15 is 0 Å². The standard InChI is InChI=1S/C11H11Cl2N/c12-8-2-4-10(11(13)6-8)7-1-3-9(14)5-7/h2,4-6,9H,1,3,14H2. The number of allylic oxidation sites excluding steroid dienone is 1. The number of hydrogen-bond donors (Lipinski definition) is 1. The third-order valence-electron chi connectivity index (χ3n) is 2.44. The van der Waals surface area contributed by atoms with E-state index in [1.165, 1.54) is 5.57 Å². The molecule has 1 aliphatic rings. The van der Waals surface area contributed by atoms with Gasteiger partial charge in [-0.1, -0.05) is 35.3 Å². The molecule has 0 saturated carbocycles. The Morgan fingerprint density at radius 2 is 2.07 bits per heavy atom. The van der Waals surface area contributed by atoms with Crippen LogP contribution in [0.4, 0.5) is 0 Å². The van der Waals surface area contributed by atoms with Crippen LogP contribution in [0.2, 0.25) is 10.0 Å². The summed E-state index contributed by atoms with van der Waals surface area (Å²) in [5.74, 6) is 0. The predicted molar refractivity (Wildman–Crippen MR) is 61.6 cm³/mol. The van der Waals surface area contributed by atoms with Crippen LogP contribution in [0.15, 0.2) is 24.3 Å². The van der Waals surface area contributed by atoms with Crippen molar-refractivity contribution < 1.29 is 0 Å². The van der Waals surface area contributed by atoms with Crippen LogP contribution in [-0.4, -0.2) is 6.04 Å². The van der Waals surface area contributed by atoms with Crippen LogP contribution in [0.5, 0.6) is 0 Å². The molecule has 2 rings (SSSR count). The second-order valence-corrected chi connectivity index (χ2v) is 4.36. The summed E-state index contributed by atoms with van der Waals surface area (Å²) in [6.45, 7) is 0. The van der Waals surface area contributed by atoms with E-state index in [1.807, 2.05) is 12.1 Å². The van der Waals surface area contributed by atoms with Gasteiger partial charge in [0.05, 0.1) is 0 Å². The van der Waals surface area contributed by atoms with Gasteiger partial charge >= 0.3 is 0 Å². The van der Waals surface area contributed by atoms with Gasteiger partial charge in [-0.3, -0.25) is 0 Å². The summed E-state index contributed by atoms with van der Waals surface area (Å²) in [6, 6.07) is 5.75. The molecule has 1 atom stereocenters. The second kappa shape index (κ2) is 3.93. The summed E-state index contributed by atoms with van der Waals surface area (Å²) >= 11 is 11.9. The third-order valence-corrected chi connectivity index (χ3v) is 2.99. The van der Waals surface area contributed by atoms with E-state index in [0.29, 0.717) is 10.0 Å². The molecule has 1 aliphatic carbocycles. The fraction of sp³-hybridized carbons (Fsp3) is 0.273. The number of rotatable bonds is 1. The highest BCUT2D eigenvalue weighted by Crippen LogP contribution is 2.33. The number of halogens is 2. The Balaban J connectivity index is 2.37. The van der Waals surface area contributed by atoms with Gasteiger partial charge < -0.3 is 5.73 Å². The summed E-state index contributed by atoms with van der Waals surface area (Å²) < 4.78 is 0. The summed E-state index contributed by atoms with van der Waals surface area (Å²) in [5, 5.41) is 1.37. The minimum absolute atomic E-state index is 0.178. The highest BCUT2D eigenvalue weighted by atomic mass is 35.5. The lowest BCUT2D eigenvalue weighted by molar-refractivity contribution is 0.782. The van der Waals surface area contributed by atoms with Crippen LogP contribution in [0.1, 0.15) is 18.4 Å². The van der Waals surface area contributed by atoms with Crippen molar-refractivity contribution in [1.29, 1.82) is 0 Å². The Kier molecular flexibility index (Phi) is 2.82. The first-order valence-corrected chi connectivity index (χ1v) is 5.34. The zero-order valence-electron chi connectivity index (χ0n) is 7.63. The molecule has 1 aromatic rings. The van der Waals surface area contributed by atoms with E-state index in [4.69, 9.17) is 28.9 Å². The molecule has 0 aliphatic heterocycles. The molecule has 0 saturated heterocycles. The topological polar surface area (TPSA) is 26.0 Å². The fourth-order valence-corrected chi connectivity index (χ4v) is 2.25. The molecule has 1 unspecified atom stereocenters. The molecule has 0 heterocycles. The van der Waals surface area contributed by atoms with Gasteiger partial charge in [0.1, 0.15) is 0 Å². The molecule has 74 valence electrons. The molecular formula is C11H11Cl2N. The van der Waals surface area contributed by atoms with Crippen molar-refractivity contribution in [3.8, 4) is 0 Å². The van der Waals surface area contributed by atoms with Crippen molar-refractivity contribution in [3.05, 3.63) is 39.9 Å². The molecule has 1 aromatic carbocycles. The van der Waals surface area contributed by atoms with E-state index in [2.05, 4.69) is 6.08 Å². The predicted octanol–water partition coefficient (Wildman–Crippen LogP) is 3.50. The van der Waals surface area contributed by atoms with Gasteiger partial charge in [0.15, 0.2) is 0 Å². The SMILES string of the molecule is NC1C=C(c2ccc(Cl)cc2Cl)CC1. The number of benzene rings is 1. The Hall–Kier alpha value is -0.500. The van der Waals surface area contributed by atoms with Crippen LogP contribution < -0.4 is 5.73 Å². The molecule has 2 N–H and O–H groups in total. The van der Waals surface area contributed by atoms with E-state index in [1.54, 1.807) is 6.07 Å². The molecule has 3 heteroatoms. The zero-order valence-corrected chi connectivity index (χ0v) is 9.15. The Morgan fingerprint density at radius 1 is 1.29 bits per heavy atom. The minimum atomic E-state index is 0.178.